The van der Waals surface area contributed by atoms with Gasteiger partial charge in [0.2, 0.25) is 0 Å². The van der Waals surface area contributed by atoms with E-state index in [2.05, 4.69) is 241 Å². The second-order valence-electron chi connectivity index (χ2n) is 13.2. The lowest BCUT2D eigenvalue weighted by molar-refractivity contribution is 1.27. The molecule has 0 atom stereocenters. The summed E-state index contributed by atoms with van der Waals surface area (Å²) in [5, 5.41) is 0. The molecule has 0 spiro atoms. The van der Waals surface area contributed by atoms with Crippen LogP contribution >= 0.6 is 0 Å². The summed E-state index contributed by atoms with van der Waals surface area (Å²) in [5.41, 5.74) is 15.1. The number of aryl methyl sites for hydroxylation is 1. The number of hydrogen-bond acceptors (Lipinski definition) is 2. The molecule has 2 nitrogen and oxygen atoms in total. The van der Waals surface area contributed by atoms with Crippen LogP contribution in [0.25, 0.3) is 34.4 Å². The van der Waals surface area contributed by atoms with E-state index in [4.69, 9.17) is 0 Å². The van der Waals surface area contributed by atoms with Crippen molar-refractivity contribution < 1.29 is 0 Å². The molecule has 0 aliphatic heterocycles. The largest absolute Gasteiger partial charge is 0.311 e. The fraction of sp³-hybridized carbons (Fsp3) is 0.0196. The summed E-state index contributed by atoms with van der Waals surface area (Å²) in [5.74, 6) is 0. The number of nitrogens with zero attached hydrogens (tertiary/aromatic N) is 2. The van der Waals surface area contributed by atoms with E-state index >= 15 is 0 Å². The van der Waals surface area contributed by atoms with Gasteiger partial charge < -0.3 is 9.80 Å². The third-order valence-electron chi connectivity index (χ3n) is 9.54. The summed E-state index contributed by atoms with van der Waals surface area (Å²) in [6.07, 6.45) is 4.36. The van der Waals surface area contributed by atoms with Crippen molar-refractivity contribution in [3.63, 3.8) is 0 Å². The van der Waals surface area contributed by atoms with E-state index in [0.717, 1.165) is 45.3 Å². The van der Waals surface area contributed by atoms with Crippen LogP contribution in [0.5, 0.6) is 0 Å². The van der Waals surface area contributed by atoms with Crippen LogP contribution in [0, 0.1) is 6.92 Å². The van der Waals surface area contributed by atoms with E-state index in [9.17, 15) is 0 Å². The van der Waals surface area contributed by atoms with Crippen molar-refractivity contribution in [3.8, 4) is 22.3 Å². The molecule has 254 valence electrons. The molecule has 8 aromatic carbocycles. The van der Waals surface area contributed by atoms with Gasteiger partial charge in [-0.1, -0.05) is 157 Å². The van der Waals surface area contributed by atoms with Crippen molar-refractivity contribution >= 4 is 46.3 Å². The van der Waals surface area contributed by atoms with Gasteiger partial charge in [-0.2, -0.15) is 0 Å². The smallest absolute Gasteiger partial charge is 0.0462 e. The highest BCUT2D eigenvalue weighted by Gasteiger charge is 2.14. The van der Waals surface area contributed by atoms with E-state index in [1.165, 1.54) is 27.8 Å². The Hall–Kier alpha value is -6.90. The number of anilines is 6. The van der Waals surface area contributed by atoms with Gasteiger partial charge in [-0.15, -0.1) is 0 Å². The Labute approximate surface area is 313 Å². The van der Waals surface area contributed by atoms with Gasteiger partial charge >= 0.3 is 0 Å². The Morgan fingerprint density at radius 2 is 0.528 bits per heavy atom. The maximum atomic E-state index is 2.32. The molecule has 0 amide bonds. The first kappa shape index (κ1) is 33.3. The zero-order valence-corrected chi connectivity index (χ0v) is 29.8. The molecule has 0 aromatic heterocycles. The van der Waals surface area contributed by atoms with Crippen LogP contribution in [-0.4, -0.2) is 0 Å². The van der Waals surface area contributed by atoms with E-state index < -0.39 is 0 Å². The maximum absolute atomic E-state index is 2.32. The van der Waals surface area contributed by atoms with Crippen LogP contribution in [0.1, 0.15) is 16.7 Å². The van der Waals surface area contributed by atoms with Gasteiger partial charge in [0.05, 0.1) is 0 Å². The van der Waals surface area contributed by atoms with Gasteiger partial charge in [0.1, 0.15) is 0 Å². The predicted molar refractivity (Wildman–Crippen MR) is 227 cm³/mol. The molecule has 53 heavy (non-hydrogen) atoms. The fourth-order valence-electron chi connectivity index (χ4n) is 6.69. The van der Waals surface area contributed by atoms with Crippen molar-refractivity contribution in [2.45, 2.75) is 6.92 Å². The molecule has 8 aromatic rings. The summed E-state index contributed by atoms with van der Waals surface area (Å²) < 4.78 is 0. The summed E-state index contributed by atoms with van der Waals surface area (Å²) in [4.78, 5) is 4.62. The molecule has 0 aliphatic carbocycles. The summed E-state index contributed by atoms with van der Waals surface area (Å²) in [6.45, 7) is 2.12. The van der Waals surface area contributed by atoms with Gasteiger partial charge in [-0.25, -0.2) is 0 Å². The summed E-state index contributed by atoms with van der Waals surface area (Å²) in [7, 11) is 0. The van der Waals surface area contributed by atoms with Crippen LogP contribution in [0.3, 0.4) is 0 Å². The minimum atomic E-state index is 1.10. The van der Waals surface area contributed by atoms with Crippen molar-refractivity contribution in [2.24, 2.45) is 0 Å². The molecule has 2 heteroatoms. The second kappa shape index (κ2) is 15.6. The quantitative estimate of drug-likeness (QED) is 0.133. The fourth-order valence-corrected chi connectivity index (χ4v) is 6.69. The van der Waals surface area contributed by atoms with Crippen molar-refractivity contribution in [3.05, 3.63) is 229 Å². The monoisotopic (exact) mass is 680 g/mol. The lowest BCUT2D eigenvalue weighted by Crippen LogP contribution is -2.09. The van der Waals surface area contributed by atoms with Gasteiger partial charge in [0.25, 0.3) is 0 Å². The van der Waals surface area contributed by atoms with Crippen LogP contribution < -0.4 is 9.80 Å². The van der Waals surface area contributed by atoms with Gasteiger partial charge in [0, 0.05) is 34.1 Å². The number of benzene rings is 8. The Morgan fingerprint density at radius 3 is 0.887 bits per heavy atom. The Kier molecular flexibility index (Phi) is 9.76. The zero-order chi connectivity index (χ0) is 35.8. The minimum Gasteiger partial charge on any atom is -0.311 e. The third kappa shape index (κ3) is 7.73. The predicted octanol–water partition coefficient (Wildman–Crippen LogP) is 14.4. The maximum Gasteiger partial charge on any atom is 0.0462 e. The zero-order valence-electron chi connectivity index (χ0n) is 29.8. The lowest BCUT2D eigenvalue weighted by atomic mass is 10.0. The second-order valence-corrected chi connectivity index (χ2v) is 13.2. The first-order valence-corrected chi connectivity index (χ1v) is 18.1. The van der Waals surface area contributed by atoms with Crippen molar-refractivity contribution in [1.82, 2.24) is 0 Å². The number of hydrogen-bond donors (Lipinski definition) is 0. The Bertz CT molecular complexity index is 2300. The topological polar surface area (TPSA) is 6.48 Å². The summed E-state index contributed by atoms with van der Waals surface area (Å²) >= 11 is 0. The molecule has 0 N–H and O–H groups in total. The average molecular weight is 681 g/mol. The van der Waals surface area contributed by atoms with Gasteiger partial charge in [-0.3, -0.25) is 0 Å². The molecule has 0 fully saturated rings. The standard InChI is InChI=1S/C51H40N2/c1-39-17-29-47(30-18-39)52(46-15-9-4-10-16-46)48-31-21-40(22-32-48)19-20-41-23-33-49(34-24-41)53(50-35-25-44(26-36-50)42-11-5-2-6-12-42)51-37-27-45(28-38-51)43-13-7-3-8-14-43/h2-38H,1H3/b20-19+. The van der Waals surface area contributed by atoms with Crippen LogP contribution in [0.4, 0.5) is 34.1 Å². The molecule has 0 bridgehead atoms. The first-order valence-electron chi connectivity index (χ1n) is 18.1. The number of rotatable bonds is 10. The highest BCUT2D eigenvalue weighted by atomic mass is 15.1. The molecule has 8 rings (SSSR count). The molecule has 0 radical (unpaired) electrons. The Balaban J connectivity index is 1.05. The highest BCUT2D eigenvalue weighted by Crippen LogP contribution is 2.38. The molecule has 0 heterocycles. The van der Waals surface area contributed by atoms with E-state index in [-0.39, 0.29) is 0 Å². The van der Waals surface area contributed by atoms with Crippen LogP contribution in [-0.2, 0) is 0 Å². The summed E-state index contributed by atoms with van der Waals surface area (Å²) in [6, 6.07) is 75.5. The molecule has 0 unspecified atom stereocenters. The molecular weight excluding hydrogens is 641 g/mol. The number of para-hydroxylation sites is 1. The lowest BCUT2D eigenvalue weighted by Gasteiger charge is -2.26. The molecular formula is C51H40N2. The van der Waals surface area contributed by atoms with Crippen molar-refractivity contribution in [1.29, 1.82) is 0 Å². The SMILES string of the molecule is Cc1ccc(N(c2ccccc2)c2ccc(/C=C/c3ccc(N(c4ccc(-c5ccccc5)cc4)c4ccc(-c5ccccc5)cc4)cc3)cc2)cc1. The van der Waals surface area contributed by atoms with Crippen LogP contribution in [0.15, 0.2) is 212 Å². The average Bonchev–Trinajstić information content (AvgIpc) is 3.23. The molecule has 0 saturated heterocycles. The highest BCUT2D eigenvalue weighted by molar-refractivity contribution is 5.82. The van der Waals surface area contributed by atoms with Crippen molar-refractivity contribution in [2.75, 3.05) is 9.80 Å². The molecule has 0 saturated carbocycles. The van der Waals surface area contributed by atoms with E-state index in [1.807, 2.05) is 0 Å². The molecule has 0 aliphatic rings. The van der Waals surface area contributed by atoms with E-state index in [1.54, 1.807) is 0 Å². The van der Waals surface area contributed by atoms with Crippen LogP contribution in [0.2, 0.25) is 0 Å². The van der Waals surface area contributed by atoms with E-state index in [0.29, 0.717) is 0 Å². The van der Waals surface area contributed by atoms with Gasteiger partial charge in [0.15, 0.2) is 0 Å². The Morgan fingerprint density at radius 1 is 0.264 bits per heavy atom. The van der Waals surface area contributed by atoms with Gasteiger partial charge in [-0.05, 0) is 113 Å². The normalized spacial score (nSPS) is 11.0. The third-order valence-corrected chi connectivity index (χ3v) is 9.54. The minimum absolute atomic E-state index is 1.10. The first-order chi connectivity index (χ1) is 26.2.